The maximum absolute atomic E-state index is 13.8. The molecule has 3 aromatic carbocycles. The first-order valence-corrected chi connectivity index (χ1v) is 12.5. The summed E-state index contributed by atoms with van der Waals surface area (Å²) in [6.07, 6.45) is 3.25. The molecular formula is C28H21N3O5S. The van der Waals surface area contributed by atoms with E-state index in [1.54, 1.807) is 23.8 Å². The first-order chi connectivity index (χ1) is 17.9. The summed E-state index contributed by atoms with van der Waals surface area (Å²) in [5, 5.41) is 21.1. The van der Waals surface area contributed by atoms with Gasteiger partial charge in [0.25, 0.3) is 5.56 Å². The fourth-order valence-corrected chi connectivity index (χ4v) is 6.04. The molecule has 0 radical (unpaired) electrons. The van der Waals surface area contributed by atoms with Crippen LogP contribution in [0.5, 0.6) is 11.5 Å². The number of aryl methyl sites for hydroxylation is 1. The summed E-state index contributed by atoms with van der Waals surface area (Å²) in [6, 6.07) is 19.7. The molecule has 6 rings (SSSR count). The molecule has 37 heavy (non-hydrogen) atoms. The number of nitro groups is 1. The predicted molar refractivity (Wildman–Crippen MR) is 141 cm³/mol. The number of aromatic nitrogens is 1. The van der Waals surface area contributed by atoms with E-state index in [1.165, 1.54) is 29.0 Å². The van der Waals surface area contributed by atoms with Crippen LogP contribution in [-0.4, -0.2) is 21.7 Å². The highest BCUT2D eigenvalue weighted by Crippen LogP contribution is 2.41. The standard InChI is InChI=1S/C28H21N3O5S/c1-36-19-10-7-18(8-11-19)26-21-12-9-17-4-2-3-5-20(17)25(21)29-28-30(26)27(33)24(37-28)15-16-6-13-23(32)22(14-16)31(34)35/h2-8,10-11,13-15,26,32H,9,12H2,1H3/b24-15-. The Balaban J connectivity index is 1.59. The average molecular weight is 512 g/mol. The van der Waals surface area contributed by atoms with E-state index < -0.39 is 16.4 Å². The Labute approximate surface area is 214 Å². The summed E-state index contributed by atoms with van der Waals surface area (Å²) in [5.41, 5.74) is 5.07. The lowest BCUT2D eigenvalue weighted by Crippen LogP contribution is -2.38. The van der Waals surface area contributed by atoms with Gasteiger partial charge in [0, 0.05) is 11.6 Å². The van der Waals surface area contributed by atoms with Crippen LogP contribution < -0.4 is 19.6 Å². The molecular weight excluding hydrogens is 490 g/mol. The van der Waals surface area contributed by atoms with Crippen LogP contribution in [0.15, 0.2) is 82.1 Å². The smallest absolute Gasteiger partial charge is 0.311 e. The number of phenolic OH excluding ortho intramolecular Hbond substituents is 1. The topological polar surface area (TPSA) is 107 Å². The van der Waals surface area contributed by atoms with E-state index in [9.17, 15) is 20.0 Å². The average Bonchev–Trinajstić information content (AvgIpc) is 3.22. The van der Waals surface area contributed by atoms with Crippen molar-refractivity contribution in [3.63, 3.8) is 0 Å². The second-order valence-electron chi connectivity index (χ2n) is 8.89. The van der Waals surface area contributed by atoms with Crippen LogP contribution in [0.25, 0.3) is 11.8 Å². The maximum Gasteiger partial charge on any atom is 0.311 e. The summed E-state index contributed by atoms with van der Waals surface area (Å²) in [5.74, 6) is 0.308. The van der Waals surface area contributed by atoms with Gasteiger partial charge in [0.2, 0.25) is 0 Å². The number of ether oxygens (including phenoxy) is 1. The van der Waals surface area contributed by atoms with Crippen LogP contribution >= 0.6 is 11.3 Å². The van der Waals surface area contributed by atoms with Gasteiger partial charge in [-0.25, -0.2) is 4.99 Å². The molecule has 0 saturated carbocycles. The molecule has 1 aliphatic heterocycles. The van der Waals surface area contributed by atoms with Gasteiger partial charge in [-0.15, -0.1) is 0 Å². The van der Waals surface area contributed by atoms with Crippen LogP contribution in [0, 0.1) is 10.1 Å². The van der Waals surface area contributed by atoms with Gasteiger partial charge < -0.3 is 9.84 Å². The lowest BCUT2D eigenvalue weighted by Gasteiger charge is -2.30. The number of aromatic hydroxyl groups is 1. The SMILES string of the molecule is COc1ccc(C2C3=C(N=c4s/c(=C\c5ccc(O)c([N+](=O)[O-])c5)c(=O)n42)c2ccccc2CC3)cc1. The van der Waals surface area contributed by atoms with Crippen molar-refractivity contribution in [2.24, 2.45) is 4.99 Å². The zero-order valence-electron chi connectivity index (χ0n) is 19.7. The molecule has 1 N–H and O–H groups in total. The molecule has 0 spiro atoms. The molecule has 8 nitrogen and oxygen atoms in total. The monoisotopic (exact) mass is 511 g/mol. The Bertz CT molecular complexity index is 1780. The van der Waals surface area contributed by atoms with Crippen molar-refractivity contribution in [1.82, 2.24) is 4.57 Å². The van der Waals surface area contributed by atoms with Crippen molar-refractivity contribution in [1.29, 1.82) is 0 Å². The molecule has 0 fully saturated rings. The van der Waals surface area contributed by atoms with Gasteiger partial charge in [0.1, 0.15) is 5.75 Å². The third-order valence-corrected chi connectivity index (χ3v) is 7.78. The summed E-state index contributed by atoms with van der Waals surface area (Å²) in [4.78, 5) is 30.0. The molecule has 1 atom stereocenters. The number of methoxy groups -OCH3 is 1. The Morgan fingerprint density at radius 1 is 1.14 bits per heavy atom. The minimum atomic E-state index is -0.649. The zero-order chi connectivity index (χ0) is 25.7. The molecule has 1 aromatic heterocycles. The van der Waals surface area contributed by atoms with Crippen LogP contribution in [0.1, 0.15) is 34.7 Å². The second kappa shape index (κ2) is 8.86. The van der Waals surface area contributed by atoms with E-state index in [0.29, 0.717) is 14.9 Å². The lowest BCUT2D eigenvalue weighted by molar-refractivity contribution is -0.385. The fraction of sp³-hybridized carbons (Fsp3) is 0.143. The van der Waals surface area contributed by atoms with E-state index >= 15 is 0 Å². The van der Waals surface area contributed by atoms with Crippen molar-refractivity contribution in [2.45, 2.75) is 18.9 Å². The van der Waals surface area contributed by atoms with Gasteiger partial charge in [-0.2, -0.15) is 0 Å². The molecule has 0 saturated heterocycles. The number of rotatable bonds is 4. The normalized spacial score (nSPS) is 16.5. The van der Waals surface area contributed by atoms with Crippen molar-refractivity contribution in [2.75, 3.05) is 7.11 Å². The van der Waals surface area contributed by atoms with E-state index in [2.05, 4.69) is 12.1 Å². The van der Waals surface area contributed by atoms with Crippen LogP contribution in [0.2, 0.25) is 0 Å². The van der Waals surface area contributed by atoms with E-state index in [-0.39, 0.29) is 11.6 Å². The summed E-state index contributed by atoms with van der Waals surface area (Å²) in [7, 11) is 1.62. The van der Waals surface area contributed by atoms with E-state index in [0.717, 1.165) is 41.0 Å². The van der Waals surface area contributed by atoms with Crippen molar-refractivity contribution in [3.8, 4) is 11.5 Å². The van der Waals surface area contributed by atoms with Gasteiger partial charge in [0.05, 0.1) is 28.3 Å². The number of thiazole rings is 1. The minimum Gasteiger partial charge on any atom is -0.502 e. The van der Waals surface area contributed by atoms with E-state index in [4.69, 9.17) is 9.73 Å². The number of allylic oxidation sites excluding steroid dienone is 1. The van der Waals surface area contributed by atoms with Crippen molar-refractivity contribution < 1.29 is 14.8 Å². The van der Waals surface area contributed by atoms with Gasteiger partial charge >= 0.3 is 5.69 Å². The highest BCUT2D eigenvalue weighted by molar-refractivity contribution is 7.07. The van der Waals surface area contributed by atoms with Gasteiger partial charge in [-0.05, 0) is 59.4 Å². The zero-order valence-corrected chi connectivity index (χ0v) is 20.6. The molecule has 4 aromatic rings. The summed E-state index contributed by atoms with van der Waals surface area (Å²) in [6.45, 7) is 0. The minimum absolute atomic E-state index is 0.217. The van der Waals surface area contributed by atoms with Crippen molar-refractivity contribution >= 4 is 28.8 Å². The Hall–Kier alpha value is -4.50. The number of phenols is 1. The molecule has 1 unspecified atom stereocenters. The first-order valence-electron chi connectivity index (χ1n) is 11.7. The molecule has 2 aliphatic rings. The number of hydrogen-bond donors (Lipinski definition) is 1. The quantitative estimate of drug-likeness (QED) is 0.330. The van der Waals surface area contributed by atoms with Gasteiger partial charge in [0.15, 0.2) is 10.6 Å². The third kappa shape index (κ3) is 3.84. The number of nitrogens with zero attached hydrogens (tertiary/aromatic N) is 3. The van der Waals surface area contributed by atoms with Gasteiger partial charge in [-0.1, -0.05) is 53.8 Å². The highest BCUT2D eigenvalue weighted by atomic mass is 32.1. The number of benzene rings is 3. The molecule has 184 valence electrons. The van der Waals surface area contributed by atoms with Crippen molar-refractivity contribution in [3.05, 3.63) is 124 Å². The summed E-state index contributed by atoms with van der Waals surface area (Å²) >= 11 is 1.25. The number of nitro benzene ring substituents is 1. The lowest BCUT2D eigenvalue weighted by atomic mass is 9.83. The Morgan fingerprint density at radius 3 is 2.68 bits per heavy atom. The number of fused-ring (bicyclic) bond motifs is 3. The van der Waals surface area contributed by atoms with Crippen LogP contribution in [0.4, 0.5) is 5.69 Å². The van der Waals surface area contributed by atoms with E-state index in [1.807, 2.05) is 36.4 Å². The molecule has 1 aliphatic carbocycles. The molecule has 0 bridgehead atoms. The van der Waals surface area contributed by atoms with Crippen LogP contribution in [-0.2, 0) is 6.42 Å². The molecule has 2 heterocycles. The maximum atomic E-state index is 13.8. The highest BCUT2D eigenvalue weighted by Gasteiger charge is 2.32. The first kappa shape index (κ1) is 22.9. The van der Waals surface area contributed by atoms with Crippen LogP contribution in [0.3, 0.4) is 0 Å². The largest absolute Gasteiger partial charge is 0.502 e. The third-order valence-electron chi connectivity index (χ3n) is 6.80. The Morgan fingerprint density at radius 2 is 1.92 bits per heavy atom. The fourth-order valence-electron chi connectivity index (χ4n) is 5.04. The van der Waals surface area contributed by atoms with Gasteiger partial charge in [-0.3, -0.25) is 19.5 Å². The summed E-state index contributed by atoms with van der Waals surface area (Å²) < 4.78 is 7.47. The molecule has 9 heteroatoms. The predicted octanol–water partition coefficient (Wildman–Crippen LogP) is 3.94. The number of hydrogen-bond acceptors (Lipinski definition) is 7. The Kier molecular flexibility index (Phi) is 5.49. The molecule has 0 amide bonds. The second-order valence-corrected chi connectivity index (χ2v) is 9.90.